The van der Waals surface area contributed by atoms with E-state index in [9.17, 15) is 9.59 Å². The van der Waals surface area contributed by atoms with Crippen LogP contribution in [-0.4, -0.2) is 15.7 Å². The molecule has 0 fully saturated rings. The zero-order valence-corrected chi connectivity index (χ0v) is 15.0. The minimum atomic E-state index is -0.362. The summed E-state index contributed by atoms with van der Waals surface area (Å²) in [6.45, 7) is 2.15. The summed E-state index contributed by atoms with van der Waals surface area (Å²) in [5.41, 5.74) is 1.67. The van der Waals surface area contributed by atoms with E-state index in [-0.39, 0.29) is 23.2 Å². The van der Waals surface area contributed by atoms with Crippen LogP contribution in [0.4, 0.5) is 0 Å². The Hall–Kier alpha value is -2.92. The predicted molar refractivity (Wildman–Crippen MR) is 101 cm³/mol. The van der Waals surface area contributed by atoms with Gasteiger partial charge in [0.25, 0.3) is 11.5 Å². The van der Waals surface area contributed by atoms with Gasteiger partial charge in [0.1, 0.15) is 5.69 Å². The van der Waals surface area contributed by atoms with Crippen molar-refractivity contribution in [1.82, 2.24) is 15.1 Å². The molecule has 0 spiro atoms. The second kappa shape index (κ2) is 7.97. The Morgan fingerprint density at radius 3 is 2.50 bits per heavy atom. The average Bonchev–Trinajstić information content (AvgIpc) is 2.64. The van der Waals surface area contributed by atoms with Gasteiger partial charge in [0.05, 0.1) is 12.6 Å². The van der Waals surface area contributed by atoms with E-state index in [0.29, 0.717) is 11.6 Å². The Bertz CT molecular complexity index is 970. The summed E-state index contributed by atoms with van der Waals surface area (Å²) >= 11 is 6.17. The van der Waals surface area contributed by atoms with Gasteiger partial charge in [-0.3, -0.25) is 9.59 Å². The molecule has 0 radical (unpaired) electrons. The van der Waals surface area contributed by atoms with Crippen molar-refractivity contribution in [2.24, 2.45) is 0 Å². The molecule has 0 bridgehead atoms. The lowest BCUT2D eigenvalue weighted by atomic mass is 10.1. The molecule has 5 nitrogen and oxygen atoms in total. The first-order valence-electron chi connectivity index (χ1n) is 8.22. The summed E-state index contributed by atoms with van der Waals surface area (Å²) in [5.74, 6) is -0.362. The Kier molecular flexibility index (Phi) is 5.49. The summed E-state index contributed by atoms with van der Waals surface area (Å²) < 4.78 is 1.28. The van der Waals surface area contributed by atoms with E-state index in [1.807, 2.05) is 55.5 Å². The fourth-order valence-electron chi connectivity index (χ4n) is 2.61. The third kappa shape index (κ3) is 4.18. The fraction of sp³-hybridized carbons (Fsp3) is 0.150. The first-order chi connectivity index (χ1) is 12.5. The molecule has 1 atom stereocenters. The van der Waals surface area contributed by atoms with Gasteiger partial charge in [-0.25, -0.2) is 4.68 Å². The molecule has 0 aliphatic heterocycles. The first-order valence-corrected chi connectivity index (χ1v) is 8.60. The second-order valence-corrected chi connectivity index (χ2v) is 6.32. The normalized spacial score (nSPS) is 11.8. The third-order valence-corrected chi connectivity index (χ3v) is 4.34. The molecule has 0 saturated heterocycles. The number of carbonyl (C=O) groups is 1. The molecular formula is C20H18ClN3O2. The predicted octanol–water partition coefficient (Wildman–Crippen LogP) is 3.44. The van der Waals surface area contributed by atoms with E-state index in [0.717, 1.165) is 11.1 Å². The third-order valence-electron chi connectivity index (χ3n) is 3.99. The summed E-state index contributed by atoms with van der Waals surface area (Å²) in [6, 6.07) is 19.3. The summed E-state index contributed by atoms with van der Waals surface area (Å²) in [7, 11) is 0. The van der Waals surface area contributed by atoms with E-state index in [1.165, 1.54) is 16.8 Å². The van der Waals surface area contributed by atoms with Crippen molar-refractivity contribution in [2.45, 2.75) is 19.5 Å². The van der Waals surface area contributed by atoms with Crippen molar-refractivity contribution in [1.29, 1.82) is 0 Å². The van der Waals surface area contributed by atoms with Gasteiger partial charge in [-0.15, -0.1) is 0 Å². The second-order valence-electron chi connectivity index (χ2n) is 5.92. The standard InChI is InChI=1S/C20H18ClN3O2/c1-14(16-9-5-6-10-17(16)21)22-20(26)18-11-12-19(25)24(23-18)13-15-7-3-2-4-8-15/h2-12,14H,13H2,1H3,(H,22,26)/t14-/m1/s1. The maximum absolute atomic E-state index is 12.5. The molecular weight excluding hydrogens is 350 g/mol. The molecule has 0 saturated carbocycles. The van der Waals surface area contributed by atoms with E-state index >= 15 is 0 Å². The quantitative estimate of drug-likeness (QED) is 0.751. The van der Waals surface area contributed by atoms with E-state index in [2.05, 4.69) is 10.4 Å². The number of aromatic nitrogens is 2. The summed E-state index contributed by atoms with van der Waals surface area (Å²) in [6.07, 6.45) is 0. The minimum absolute atomic E-state index is 0.180. The molecule has 132 valence electrons. The fourth-order valence-corrected chi connectivity index (χ4v) is 2.91. The van der Waals surface area contributed by atoms with Crippen LogP contribution in [0.3, 0.4) is 0 Å². The number of halogens is 1. The molecule has 1 heterocycles. The van der Waals surface area contributed by atoms with Gasteiger partial charge >= 0.3 is 0 Å². The number of hydrogen-bond acceptors (Lipinski definition) is 3. The Balaban J connectivity index is 1.78. The molecule has 26 heavy (non-hydrogen) atoms. The number of amides is 1. The first kappa shape index (κ1) is 17.9. The van der Waals surface area contributed by atoms with Gasteiger partial charge in [0.15, 0.2) is 0 Å². The minimum Gasteiger partial charge on any atom is -0.344 e. The van der Waals surface area contributed by atoms with Gasteiger partial charge in [0, 0.05) is 11.1 Å². The Morgan fingerprint density at radius 1 is 1.08 bits per heavy atom. The Morgan fingerprint density at radius 2 is 1.77 bits per heavy atom. The molecule has 0 aliphatic carbocycles. The van der Waals surface area contributed by atoms with Crippen molar-refractivity contribution in [3.63, 3.8) is 0 Å². The van der Waals surface area contributed by atoms with E-state index in [4.69, 9.17) is 11.6 Å². The van der Waals surface area contributed by atoms with Crippen LogP contribution in [0.5, 0.6) is 0 Å². The number of nitrogens with zero attached hydrogens (tertiary/aromatic N) is 2. The van der Waals surface area contributed by atoms with E-state index < -0.39 is 0 Å². The monoisotopic (exact) mass is 367 g/mol. The van der Waals surface area contributed by atoms with Crippen LogP contribution in [0.15, 0.2) is 71.5 Å². The molecule has 0 unspecified atom stereocenters. The van der Waals surface area contributed by atoms with Crippen LogP contribution in [0, 0.1) is 0 Å². The van der Waals surface area contributed by atoms with Crippen LogP contribution >= 0.6 is 11.6 Å². The molecule has 1 aromatic heterocycles. The smallest absolute Gasteiger partial charge is 0.272 e. The van der Waals surface area contributed by atoms with Crippen molar-refractivity contribution in [2.75, 3.05) is 0 Å². The summed E-state index contributed by atoms with van der Waals surface area (Å²) in [4.78, 5) is 24.6. The highest BCUT2D eigenvalue weighted by Gasteiger charge is 2.15. The summed E-state index contributed by atoms with van der Waals surface area (Å²) in [5, 5.41) is 7.64. The van der Waals surface area contributed by atoms with Gasteiger partial charge in [-0.2, -0.15) is 5.10 Å². The zero-order chi connectivity index (χ0) is 18.5. The van der Waals surface area contributed by atoms with Crippen LogP contribution in [0.2, 0.25) is 5.02 Å². The molecule has 1 N–H and O–H groups in total. The lowest BCUT2D eigenvalue weighted by molar-refractivity contribution is 0.0932. The number of rotatable bonds is 5. The van der Waals surface area contributed by atoms with Gasteiger partial charge in [0.2, 0.25) is 0 Å². The van der Waals surface area contributed by atoms with Gasteiger partial charge in [-0.05, 0) is 30.2 Å². The van der Waals surface area contributed by atoms with E-state index in [1.54, 1.807) is 6.07 Å². The molecule has 2 aromatic carbocycles. The number of nitrogens with one attached hydrogen (secondary N) is 1. The molecule has 0 aliphatic rings. The maximum Gasteiger partial charge on any atom is 0.272 e. The van der Waals surface area contributed by atoms with Crippen LogP contribution < -0.4 is 10.9 Å². The highest BCUT2D eigenvalue weighted by molar-refractivity contribution is 6.31. The highest BCUT2D eigenvalue weighted by Crippen LogP contribution is 2.22. The van der Waals surface area contributed by atoms with Gasteiger partial charge < -0.3 is 5.32 Å². The Labute approximate surface area is 156 Å². The molecule has 1 amide bonds. The zero-order valence-electron chi connectivity index (χ0n) is 14.2. The molecule has 3 rings (SSSR count). The maximum atomic E-state index is 12.5. The van der Waals surface area contributed by atoms with Crippen LogP contribution in [0.25, 0.3) is 0 Å². The van der Waals surface area contributed by atoms with Crippen molar-refractivity contribution in [3.8, 4) is 0 Å². The van der Waals surface area contributed by atoms with Crippen molar-refractivity contribution in [3.05, 3.63) is 98.9 Å². The number of benzene rings is 2. The average molecular weight is 368 g/mol. The highest BCUT2D eigenvalue weighted by atomic mass is 35.5. The van der Waals surface area contributed by atoms with Crippen molar-refractivity contribution < 1.29 is 4.79 Å². The lowest BCUT2D eigenvalue weighted by Gasteiger charge is -2.15. The lowest BCUT2D eigenvalue weighted by Crippen LogP contribution is -2.31. The SMILES string of the molecule is C[C@@H](NC(=O)c1ccc(=O)n(Cc2ccccc2)n1)c1ccccc1Cl. The topological polar surface area (TPSA) is 64.0 Å². The van der Waals surface area contributed by atoms with Crippen LogP contribution in [0.1, 0.15) is 34.6 Å². The number of carbonyl (C=O) groups excluding carboxylic acids is 1. The molecule has 6 heteroatoms. The van der Waals surface area contributed by atoms with Gasteiger partial charge in [-0.1, -0.05) is 60.1 Å². The largest absolute Gasteiger partial charge is 0.344 e. The number of hydrogen-bond donors (Lipinski definition) is 1. The van der Waals surface area contributed by atoms with Crippen LogP contribution in [-0.2, 0) is 6.54 Å². The van der Waals surface area contributed by atoms with Crippen molar-refractivity contribution >= 4 is 17.5 Å². The molecule has 3 aromatic rings.